The van der Waals surface area contributed by atoms with Gasteiger partial charge in [0.1, 0.15) is 5.54 Å². The third-order valence-electron chi connectivity index (χ3n) is 2.92. The number of hydrogen-bond donors (Lipinski definition) is 1. The van der Waals surface area contributed by atoms with E-state index >= 15 is 0 Å². The van der Waals surface area contributed by atoms with E-state index in [1.807, 2.05) is 24.3 Å². The number of Topliss-reactive ketones (excluding diaryl/α,β-unsaturated/α-hetero) is 1. The fraction of sp³-hybridized carbons (Fsp3) is 0.273. The molecule has 3 nitrogen and oxygen atoms in total. The van der Waals surface area contributed by atoms with Gasteiger partial charge in [-0.15, -0.1) is 0 Å². The lowest BCUT2D eigenvalue weighted by Gasteiger charge is -2.19. The van der Waals surface area contributed by atoms with Crippen LogP contribution in [0, 0.1) is 0 Å². The molecule has 1 aromatic rings. The summed E-state index contributed by atoms with van der Waals surface area (Å²) in [6, 6.07) is 7.80. The van der Waals surface area contributed by atoms with E-state index in [9.17, 15) is 4.79 Å². The number of nitrogens with one attached hydrogen (secondary N) is 1. The zero-order valence-electron chi connectivity index (χ0n) is 7.66. The molecule has 0 aromatic heterocycles. The average molecular weight is 186 g/mol. The van der Waals surface area contributed by atoms with Crippen molar-refractivity contribution in [3.8, 4) is 0 Å². The molecule has 2 aliphatic rings. The second-order valence-corrected chi connectivity index (χ2v) is 3.68. The van der Waals surface area contributed by atoms with Crippen molar-refractivity contribution in [3.05, 3.63) is 29.8 Å². The first-order valence-electron chi connectivity index (χ1n) is 4.76. The Morgan fingerprint density at radius 3 is 3.00 bits per heavy atom. The quantitative estimate of drug-likeness (QED) is 0.660. The Morgan fingerprint density at radius 1 is 1.36 bits per heavy atom. The third kappa shape index (κ3) is 0.800. The van der Waals surface area contributed by atoms with E-state index in [4.69, 9.17) is 0 Å². The van der Waals surface area contributed by atoms with Crippen LogP contribution in [0.3, 0.4) is 0 Å². The molecule has 0 aliphatic carbocycles. The van der Waals surface area contributed by atoms with Crippen molar-refractivity contribution < 1.29 is 4.79 Å². The van der Waals surface area contributed by atoms with Crippen molar-refractivity contribution in [1.29, 1.82) is 0 Å². The maximum absolute atomic E-state index is 11.8. The molecule has 1 unspecified atom stereocenters. The van der Waals surface area contributed by atoms with Gasteiger partial charge in [-0.3, -0.25) is 15.1 Å². The molecule has 2 heterocycles. The van der Waals surface area contributed by atoms with E-state index in [1.165, 1.54) is 0 Å². The first-order chi connectivity index (χ1) is 6.83. The summed E-state index contributed by atoms with van der Waals surface area (Å²) in [5.41, 5.74) is 1.31. The second kappa shape index (κ2) is 2.51. The van der Waals surface area contributed by atoms with Gasteiger partial charge in [-0.2, -0.15) is 0 Å². The Labute approximate surface area is 81.9 Å². The minimum atomic E-state index is -0.601. The van der Waals surface area contributed by atoms with Crippen LogP contribution in [0.5, 0.6) is 0 Å². The van der Waals surface area contributed by atoms with E-state index in [0.29, 0.717) is 6.42 Å². The topological polar surface area (TPSA) is 41.5 Å². The molecule has 1 spiro atoms. The van der Waals surface area contributed by atoms with Crippen LogP contribution in [0.15, 0.2) is 29.3 Å². The molecule has 3 heteroatoms. The highest BCUT2D eigenvalue weighted by Crippen LogP contribution is 2.38. The molecule has 2 aliphatic heterocycles. The van der Waals surface area contributed by atoms with Gasteiger partial charge in [0.15, 0.2) is 5.78 Å². The lowest BCUT2D eigenvalue weighted by molar-refractivity contribution is -0.120. The summed E-state index contributed by atoms with van der Waals surface area (Å²) in [5, 5.41) is 3.24. The number of fused-ring (bicyclic) bond motifs is 2. The second-order valence-electron chi connectivity index (χ2n) is 3.68. The molecule has 1 atom stereocenters. The largest absolute Gasteiger partial charge is 0.297 e. The van der Waals surface area contributed by atoms with E-state index < -0.39 is 5.54 Å². The van der Waals surface area contributed by atoms with Crippen LogP contribution in [0.25, 0.3) is 0 Å². The van der Waals surface area contributed by atoms with Crippen molar-refractivity contribution >= 4 is 17.7 Å². The molecule has 1 N–H and O–H groups in total. The number of hydrogen-bond acceptors (Lipinski definition) is 3. The van der Waals surface area contributed by atoms with E-state index in [1.54, 1.807) is 6.21 Å². The molecule has 3 rings (SSSR count). The summed E-state index contributed by atoms with van der Waals surface area (Å²) in [5.74, 6) is 0.228. The molecule has 1 saturated heterocycles. The summed E-state index contributed by atoms with van der Waals surface area (Å²) in [6.07, 6.45) is 2.34. The number of para-hydroxylation sites is 1. The molecule has 14 heavy (non-hydrogen) atoms. The Bertz CT molecular complexity index is 439. The number of ketones is 1. The first kappa shape index (κ1) is 7.88. The van der Waals surface area contributed by atoms with E-state index in [0.717, 1.165) is 17.8 Å². The monoisotopic (exact) mass is 186 g/mol. The third-order valence-corrected chi connectivity index (χ3v) is 2.92. The van der Waals surface area contributed by atoms with Crippen LogP contribution < -0.4 is 5.32 Å². The van der Waals surface area contributed by atoms with Gasteiger partial charge in [0.05, 0.1) is 5.69 Å². The molecule has 0 radical (unpaired) electrons. The summed E-state index contributed by atoms with van der Waals surface area (Å²) in [6.45, 7) is 0.749. The highest BCUT2D eigenvalue weighted by molar-refractivity contribution is 6.10. The van der Waals surface area contributed by atoms with Crippen molar-refractivity contribution in [2.24, 2.45) is 4.99 Å². The normalized spacial score (nSPS) is 28.7. The van der Waals surface area contributed by atoms with Crippen LogP contribution in [0.1, 0.15) is 12.0 Å². The average Bonchev–Trinajstić information content (AvgIpc) is 2.76. The first-order valence-corrected chi connectivity index (χ1v) is 4.76. The van der Waals surface area contributed by atoms with E-state index in [2.05, 4.69) is 10.3 Å². The Morgan fingerprint density at radius 2 is 2.21 bits per heavy atom. The SMILES string of the molecule is O=C1CCNC12C=Nc1ccccc12. The van der Waals surface area contributed by atoms with Crippen LogP contribution in [0.2, 0.25) is 0 Å². The van der Waals surface area contributed by atoms with Gasteiger partial charge in [-0.1, -0.05) is 18.2 Å². The van der Waals surface area contributed by atoms with Crippen molar-refractivity contribution in [3.63, 3.8) is 0 Å². The molecule has 1 aromatic carbocycles. The zero-order valence-corrected chi connectivity index (χ0v) is 7.66. The molecule has 0 bridgehead atoms. The molecule has 0 saturated carbocycles. The fourth-order valence-electron chi connectivity index (χ4n) is 2.19. The van der Waals surface area contributed by atoms with Crippen LogP contribution in [-0.4, -0.2) is 18.5 Å². The lowest BCUT2D eigenvalue weighted by Crippen LogP contribution is -2.42. The van der Waals surface area contributed by atoms with Crippen LogP contribution in [0.4, 0.5) is 5.69 Å². The van der Waals surface area contributed by atoms with Gasteiger partial charge in [0.2, 0.25) is 0 Å². The smallest absolute Gasteiger partial charge is 0.164 e. The summed E-state index contributed by atoms with van der Waals surface area (Å²) >= 11 is 0. The van der Waals surface area contributed by atoms with Crippen molar-refractivity contribution in [2.75, 3.05) is 6.54 Å². The minimum absolute atomic E-state index is 0.228. The van der Waals surface area contributed by atoms with Gasteiger partial charge in [-0.05, 0) is 6.07 Å². The number of carbonyl (C=O) groups excluding carboxylic acids is 1. The molecular formula is C11H10N2O. The molecule has 70 valence electrons. The number of nitrogens with zero attached hydrogens (tertiary/aromatic N) is 1. The molecule has 1 fully saturated rings. The highest BCUT2D eigenvalue weighted by Gasteiger charge is 2.45. The summed E-state index contributed by atoms with van der Waals surface area (Å²) < 4.78 is 0. The van der Waals surface area contributed by atoms with Gasteiger partial charge in [0, 0.05) is 24.7 Å². The van der Waals surface area contributed by atoms with Gasteiger partial charge in [0.25, 0.3) is 0 Å². The van der Waals surface area contributed by atoms with Gasteiger partial charge < -0.3 is 0 Å². The fourth-order valence-corrected chi connectivity index (χ4v) is 2.19. The molecular weight excluding hydrogens is 176 g/mol. The van der Waals surface area contributed by atoms with Gasteiger partial charge in [-0.25, -0.2) is 0 Å². The van der Waals surface area contributed by atoms with Gasteiger partial charge >= 0.3 is 0 Å². The maximum Gasteiger partial charge on any atom is 0.164 e. The van der Waals surface area contributed by atoms with E-state index in [-0.39, 0.29) is 5.78 Å². The predicted octanol–water partition coefficient (Wildman–Crippen LogP) is 1.16. The lowest BCUT2D eigenvalue weighted by atomic mass is 9.90. The van der Waals surface area contributed by atoms with Crippen LogP contribution >= 0.6 is 0 Å². The number of aliphatic imine (C=N–C) groups is 1. The summed E-state index contributed by atoms with van der Waals surface area (Å²) in [4.78, 5) is 16.1. The predicted molar refractivity (Wildman–Crippen MR) is 53.9 cm³/mol. The maximum atomic E-state index is 11.8. The Balaban J connectivity index is 2.22. The zero-order chi connectivity index (χ0) is 9.60. The number of rotatable bonds is 0. The Hall–Kier alpha value is -1.48. The van der Waals surface area contributed by atoms with Crippen molar-refractivity contribution in [2.45, 2.75) is 12.0 Å². The molecule has 0 amide bonds. The van der Waals surface area contributed by atoms with Crippen molar-refractivity contribution in [1.82, 2.24) is 5.32 Å². The number of carbonyl (C=O) groups is 1. The number of benzene rings is 1. The Kier molecular flexibility index (Phi) is 1.42. The summed E-state index contributed by atoms with van der Waals surface area (Å²) in [7, 11) is 0. The highest BCUT2D eigenvalue weighted by atomic mass is 16.1. The van der Waals surface area contributed by atoms with Crippen LogP contribution in [-0.2, 0) is 10.3 Å². The standard InChI is InChI=1S/C11H10N2O/c14-10-5-6-13-11(10)7-12-9-4-2-1-3-8(9)11/h1-4,7,13H,5-6H2. The minimum Gasteiger partial charge on any atom is -0.297 e.